The third-order valence-electron chi connectivity index (χ3n) is 3.58. The van der Waals surface area contributed by atoms with E-state index in [1.165, 1.54) is 6.07 Å². The zero-order valence-electron chi connectivity index (χ0n) is 15.5. The molecule has 0 aliphatic rings. The molecule has 0 fully saturated rings. The molecule has 2 aromatic rings. The van der Waals surface area contributed by atoms with Crippen molar-refractivity contribution in [1.82, 2.24) is 15.8 Å². The number of rotatable bonds is 11. The van der Waals surface area contributed by atoms with E-state index in [4.69, 9.17) is 19.7 Å². The van der Waals surface area contributed by atoms with E-state index in [0.29, 0.717) is 19.6 Å². The van der Waals surface area contributed by atoms with E-state index in [9.17, 15) is 19.5 Å². The van der Waals surface area contributed by atoms with Crippen LogP contribution in [-0.4, -0.2) is 54.0 Å². The van der Waals surface area contributed by atoms with Crippen LogP contribution in [0.3, 0.4) is 0 Å². The van der Waals surface area contributed by atoms with E-state index >= 15 is 0 Å². The maximum absolute atomic E-state index is 12.1. The van der Waals surface area contributed by atoms with Gasteiger partial charge in [-0.05, 0) is 23.7 Å². The minimum absolute atomic E-state index is 0.0175. The number of hydrogen-bond donors (Lipinski definition) is 4. The molecule has 0 aliphatic carbocycles. The highest BCUT2D eigenvalue weighted by Crippen LogP contribution is 2.11. The standard InChI is InChI=1S/C18H22N4O7/c19-7-4-8-27-15-9-14(29-22-15)16(23)20-10-13(17(24)25)21-18(26)28-11-12-5-2-1-3-6-12/h1-3,5-6,9,13H,4,7-8,10-11,19H2,(H,20,23)(H,21,26)(H,24,25). The normalized spacial score (nSPS) is 11.3. The minimum atomic E-state index is -1.40. The number of carbonyl (C=O) groups excluding carboxylic acids is 2. The number of alkyl carbamates (subject to hydrolysis) is 1. The summed E-state index contributed by atoms with van der Waals surface area (Å²) in [4.78, 5) is 35.2. The largest absolute Gasteiger partial charge is 0.480 e. The monoisotopic (exact) mass is 406 g/mol. The van der Waals surface area contributed by atoms with Crippen molar-refractivity contribution in [3.05, 3.63) is 47.7 Å². The van der Waals surface area contributed by atoms with Gasteiger partial charge < -0.3 is 35.5 Å². The van der Waals surface area contributed by atoms with Crippen molar-refractivity contribution in [2.75, 3.05) is 19.7 Å². The van der Waals surface area contributed by atoms with Gasteiger partial charge in [0.05, 0.1) is 12.7 Å². The van der Waals surface area contributed by atoms with Crippen LogP contribution < -0.4 is 21.1 Å². The highest BCUT2D eigenvalue weighted by Gasteiger charge is 2.23. The van der Waals surface area contributed by atoms with Crippen molar-refractivity contribution in [3.63, 3.8) is 0 Å². The lowest BCUT2D eigenvalue weighted by molar-refractivity contribution is -0.139. The number of amides is 2. The fourth-order valence-electron chi connectivity index (χ4n) is 2.08. The van der Waals surface area contributed by atoms with Gasteiger partial charge >= 0.3 is 12.1 Å². The Labute approximate surface area is 166 Å². The first-order valence-electron chi connectivity index (χ1n) is 8.77. The van der Waals surface area contributed by atoms with Crippen molar-refractivity contribution < 1.29 is 33.5 Å². The van der Waals surface area contributed by atoms with Gasteiger partial charge in [-0.25, -0.2) is 9.59 Å². The molecule has 1 heterocycles. The predicted molar refractivity (Wildman–Crippen MR) is 99.2 cm³/mol. The van der Waals surface area contributed by atoms with Crippen LogP contribution in [-0.2, 0) is 16.1 Å². The number of hydrogen-bond acceptors (Lipinski definition) is 8. The molecule has 1 aromatic heterocycles. The van der Waals surface area contributed by atoms with Crippen molar-refractivity contribution in [2.45, 2.75) is 19.1 Å². The third-order valence-corrected chi connectivity index (χ3v) is 3.58. The molecule has 2 rings (SSSR count). The molecule has 0 aliphatic heterocycles. The van der Waals surface area contributed by atoms with Crippen molar-refractivity contribution in [1.29, 1.82) is 0 Å². The average molecular weight is 406 g/mol. The lowest BCUT2D eigenvalue weighted by Crippen LogP contribution is -2.48. The molecule has 1 unspecified atom stereocenters. The molecule has 1 aromatic carbocycles. The maximum atomic E-state index is 12.1. The Morgan fingerprint density at radius 2 is 2.00 bits per heavy atom. The summed E-state index contributed by atoms with van der Waals surface area (Å²) in [5.74, 6) is -2.10. The first-order chi connectivity index (χ1) is 14.0. The van der Waals surface area contributed by atoms with Gasteiger partial charge in [0.1, 0.15) is 12.6 Å². The lowest BCUT2D eigenvalue weighted by atomic mass is 10.2. The highest BCUT2D eigenvalue weighted by atomic mass is 16.5. The van der Waals surface area contributed by atoms with E-state index in [1.807, 2.05) is 6.07 Å². The first kappa shape index (κ1) is 21.7. The van der Waals surface area contributed by atoms with Crippen molar-refractivity contribution >= 4 is 18.0 Å². The number of carbonyl (C=O) groups is 3. The van der Waals surface area contributed by atoms with Gasteiger partial charge in [-0.15, -0.1) is 0 Å². The minimum Gasteiger partial charge on any atom is -0.480 e. The lowest BCUT2D eigenvalue weighted by Gasteiger charge is -2.15. The van der Waals surface area contributed by atoms with Gasteiger partial charge in [0.2, 0.25) is 5.76 Å². The Morgan fingerprint density at radius 3 is 2.69 bits per heavy atom. The van der Waals surface area contributed by atoms with Gasteiger partial charge in [-0.3, -0.25) is 4.79 Å². The Morgan fingerprint density at radius 1 is 1.24 bits per heavy atom. The molecule has 156 valence electrons. The Hall–Kier alpha value is -3.60. The Kier molecular flexibility index (Phi) is 8.45. The Bertz CT molecular complexity index is 810. The molecular formula is C18H22N4O7. The van der Waals surface area contributed by atoms with Gasteiger partial charge in [0.15, 0.2) is 0 Å². The molecule has 0 radical (unpaired) electrons. The Balaban J connectivity index is 1.80. The second kappa shape index (κ2) is 11.3. The van der Waals surface area contributed by atoms with E-state index in [-0.39, 0.29) is 18.2 Å². The van der Waals surface area contributed by atoms with Crippen LogP contribution in [0.15, 0.2) is 40.9 Å². The van der Waals surface area contributed by atoms with Crippen LogP contribution in [0.2, 0.25) is 0 Å². The van der Waals surface area contributed by atoms with Crippen LogP contribution in [0.25, 0.3) is 0 Å². The van der Waals surface area contributed by atoms with E-state index in [2.05, 4.69) is 15.8 Å². The zero-order chi connectivity index (χ0) is 21.1. The predicted octanol–water partition coefficient (Wildman–Crippen LogP) is 0.512. The summed E-state index contributed by atoms with van der Waals surface area (Å²) < 4.78 is 15.0. The molecule has 5 N–H and O–H groups in total. The van der Waals surface area contributed by atoms with Gasteiger partial charge in [-0.1, -0.05) is 30.3 Å². The average Bonchev–Trinajstić information content (AvgIpc) is 3.19. The van der Waals surface area contributed by atoms with Crippen LogP contribution in [0.1, 0.15) is 22.5 Å². The molecule has 0 saturated heterocycles. The SMILES string of the molecule is NCCCOc1cc(C(=O)NCC(NC(=O)OCc2ccccc2)C(=O)O)on1. The molecule has 11 nitrogen and oxygen atoms in total. The van der Waals surface area contributed by atoms with Gasteiger partial charge in [0.25, 0.3) is 11.8 Å². The van der Waals surface area contributed by atoms with Crippen LogP contribution in [0.4, 0.5) is 4.79 Å². The topological polar surface area (TPSA) is 166 Å². The zero-order valence-corrected chi connectivity index (χ0v) is 15.5. The van der Waals surface area contributed by atoms with Crippen molar-refractivity contribution in [3.8, 4) is 5.88 Å². The summed E-state index contributed by atoms with van der Waals surface area (Å²) in [5, 5.41) is 17.3. The molecule has 29 heavy (non-hydrogen) atoms. The summed E-state index contributed by atoms with van der Waals surface area (Å²) in [5.41, 5.74) is 6.09. The first-order valence-corrected chi connectivity index (χ1v) is 8.77. The number of ether oxygens (including phenoxy) is 2. The maximum Gasteiger partial charge on any atom is 0.408 e. The van der Waals surface area contributed by atoms with E-state index in [1.54, 1.807) is 24.3 Å². The molecule has 0 spiro atoms. The number of aliphatic carboxylic acids is 1. The number of carboxylic acids is 1. The fraction of sp³-hybridized carbons (Fsp3) is 0.333. The number of nitrogens with one attached hydrogen (secondary N) is 2. The van der Waals surface area contributed by atoms with Crippen LogP contribution in [0, 0.1) is 0 Å². The van der Waals surface area contributed by atoms with Crippen LogP contribution in [0.5, 0.6) is 5.88 Å². The number of benzene rings is 1. The molecule has 2 amide bonds. The molecular weight excluding hydrogens is 384 g/mol. The second-order valence-electron chi connectivity index (χ2n) is 5.83. The quantitative estimate of drug-likeness (QED) is 0.389. The molecule has 11 heteroatoms. The fourth-order valence-corrected chi connectivity index (χ4v) is 2.08. The molecule has 0 saturated carbocycles. The number of aromatic nitrogens is 1. The summed E-state index contributed by atoms with van der Waals surface area (Å²) in [6, 6.07) is 8.76. The van der Waals surface area contributed by atoms with Gasteiger partial charge in [0, 0.05) is 6.54 Å². The summed E-state index contributed by atoms with van der Waals surface area (Å²) in [7, 11) is 0. The second-order valence-corrected chi connectivity index (χ2v) is 5.83. The smallest absolute Gasteiger partial charge is 0.408 e. The number of nitrogens with zero attached hydrogens (tertiary/aromatic N) is 1. The van der Waals surface area contributed by atoms with E-state index < -0.39 is 30.6 Å². The summed E-state index contributed by atoms with van der Waals surface area (Å²) in [6.45, 7) is 0.359. The highest BCUT2D eigenvalue weighted by molar-refractivity contribution is 5.92. The van der Waals surface area contributed by atoms with Crippen molar-refractivity contribution in [2.24, 2.45) is 5.73 Å². The molecule has 1 atom stereocenters. The van der Waals surface area contributed by atoms with E-state index in [0.717, 1.165) is 5.56 Å². The van der Waals surface area contributed by atoms with Gasteiger partial charge in [-0.2, -0.15) is 0 Å². The number of nitrogens with two attached hydrogens (primary N) is 1. The third kappa shape index (κ3) is 7.50. The molecule has 0 bridgehead atoms. The number of carboxylic acid groups (broad SMARTS) is 1. The van der Waals surface area contributed by atoms with Crippen LogP contribution >= 0.6 is 0 Å². The summed E-state index contributed by atoms with van der Waals surface area (Å²) in [6.07, 6.45) is -0.313. The summed E-state index contributed by atoms with van der Waals surface area (Å²) >= 11 is 0.